The van der Waals surface area contributed by atoms with Gasteiger partial charge in [-0.3, -0.25) is 9.78 Å². The lowest BCUT2D eigenvalue weighted by Crippen LogP contribution is -2.25. The van der Waals surface area contributed by atoms with Crippen molar-refractivity contribution < 1.29 is 4.79 Å². The zero-order valence-corrected chi connectivity index (χ0v) is 12.5. The first kappa shape index (κ1) is 14.5. The third-order valence-electron chi connectivity index (χ3n) is 3.58. The summed E-state index contributed by atoms with van der Waals surface area (Å²) < 4.78 is 0. The van der Waals surface area contributed by atoms with E-state index in [0.717, 1.165) is 24.4 Å². The number of hydrogen-bond acceptors (Lipinski definition) is 4. The molecule has 1 aliphatic carbocycles. The van der Waals surface area contributed by atoms with Crippen LogP contribution < -0.4 is 10.6 Å². The van der Waals surface area contributed by atoms with Gasteiger partial charge in [0, 0.05) is 30.7 Å². The third kappa shape index (κ3) is 4.28. The first-order chi connectivity index (χ1) is 10.8. The molecule has 0 unspecified atom stereocenters. The van der Waals surface area contributed by atoms with Crippen LogP contribution in [0.4, 0.5) is 5.82 Å². The number of carbonyl (C=O) groups is 1. The number of nitrogens with one attached hydrogen (secondary N) is 2. The predicted octanol–water partition coefficient (Wildman–Crippen LogP) is 2.41. The van der Waals surface area contributed by atoms with Crippen LogP contribution in [0.2, 0.25) is 0 Å². The molecule has 0 atom stereocenters. The van der Waals surface area contributed by atoms with Gasteiger partial charge in [-0.1, -0.05) is 6.07 Å². The fourth-order valence-electron chi connectivity index (χ4n) is 2.17. The largest absolute Gasteiger partial charge is 0.367 e. The molecule has 1 fully saturated rings. The van der Waals surface area contributed by atoms with Crippen LogP contribution in [0.1, 0.15) is 35.3 Å². The second-order valence-corrected chi connectivity index (χ2v) is 5.53. The maximum Gasteiger partial charge on any atom is 0.252 e. The topological polar surface area (TPSA) is 66.9 Å². The highest BCUT2D eigenvalue weighted by Gasteiger charge is 2.21. The van der Waals surface area contributed by atoms with Gasteiger partial charge < -0.3 is 10.6 Å². The van der Waals surface area contributed by atoms with Crippen LogP contribution in [0.3, 0.4) is 0 Å². The molecule has 2 heterocycles. The zero-order chi connectivity index (χ0) is 15.2. The minimum Gasteiger partial charge on any atom is -0.367 e. The quantitative estimate of drug-likeness (QED) is 0.770. The molecule has 5 heteroatoms. The Labute approximate surface area is 130 Å². The standard InChI is InChI=1S/C17H20N4O/c22-17(19-11-3-5-14-4-1-2-10-18-14)13-6-9-16(20-12-13)21-15-7-8-15/h1-2,4,6,9-10,12,15H,3,5,7-8,11H2,(H,19,22)(H,20,21). The van der Waals surface area contributed by atoms with Gasteiger partial charge in [-0.25, -0.2) is 4.98 Å². The van der Waals surface area contributed by atoms with Crippen molar-refractivity contribution in [3.05, 3.63) is 54.0 Å². The Bertz CT molecular complexity index is 608. The van der Waals surface area contributed by atoms with E-state index >= 15 is 0 Å². The minimum atomic E-state index is -0.0773. The summed E-state index contributed by atoms with van der Waals surface area (Å²) in [5.41, 5.74) is 1.65. The Morgan fingerprint density at radius 3 is 2.77 bits per heavy atom. The predicted molar refractivity (Wildman–Crippen MR) is 85.8 cm³/mol. The van der Waals surface area contributed by atoms with Crippen molar-refractivity contribution >= 4 is 11.7 Å². The van der Waals surface area contributed by atoms with E-state index in [2.05, 4.69) is 20.6 Å². The van der Waals surface area contributed by atoms with Crippen molar-refractivity contribution in [2.75, 3.05) is 11.9 Å². The van der Waals surface area contributed by atoms with Crippen molar-refractivity contribution in [3.8, 4) is 0 Å². The Hall–Kier alpha value is -2.43. The number of aryl methyl sites for hydroxylation is 1. The molecule has 0 aliphatic heterocycles. The number of nitrogens with zero attached hydrogens (tertiary/aromatic N) is 2. The SMILES string of the molecule is O=C(NCCCc1ccccn1)c1ccc(NC2CC2)nc1. The van der Waals surface area contributed by atoms with E-state index in [1.54, 1.807) is 12.4 Å². The van der Waals surface area contributed by atoms with Crippen LogP contribution in [0.25, 0.3) is 0 Å². The summed E-state index contributed by atoms with van der Waals surface area (Å²) in [5.74, 6) is 0.765. The van der Waals surface area contributed by atoms with E-state index in [1.807, 2.05) is 30.3 Å². The Morgan fingerprint density at radius 2 is 2.09 bits per heavy atom. The van der Waals surface area contributed by atoms with E-state index in [9.17, 15) is 4.79 Å². The molecule has 0 aromatic carbocycles. The summed E-state index contributed by atoms with van der Waals surface area (Å²) in [6.07, 6.45) is 7.57. The molecule has 2 aromatic heterocycles. The number of pyridine rings is 2. The van der Waals surface area contributed by atoms with Gasteiger partial charge in [-0.05, 0) is 49.9 Å². The molecular weight excluding hydrogens is 276 g/mol. The highest BCUT2D eigenvalue weighted by Crippen LogP contribution is 2.23. The zero-order valence-electron chi connectivity index (χ0n) is 12.5. The van der Waals surface area contributed by atoms with Gasteiger partial charge in [-0.15, -0.1) is 0 Å². The molecule has 1 amide bonds. The van der Waals surface area contributed by atoms with Crippen LogP contribution >= 0.6 is 0 Å². The Balaban J connectivity index is 1.41. The van der Waals surface area contributed by atoms with Gasteiger partial charge in [0.15, 0.2) is 0 Å². The summed E-state index contributed by atoms with van der Waals surface area (Å²) >= 11 is 0. The van der Waals surface area contributed by atoms with Crippen LogP contribution in [-0.2, 0) is 6.42 Å². The molecule has 0 bridgehead atoms. The van der Waals surface area contributed by atoms with Crippen molar-refractivity contribution in [1.82, 2.24) is 15.3 Å². The Kier molecular flexibility index (Phi) is 4.63. The molecular formula is C17H20N4O. The van der Waals surface area contributed by atoms with Crippen molar-refractivity contribution in [2.45, 2.75) is 31.7 Å². The maximum absolute atomic E-state index is 12.0. The van der Waals surface area contributed by atoms with Gasteiger partial charge >= 0.3 is 0 Å². The number of hydrogen-bond donors (Lipinski definition) is 2. The summed E-state index contributed by atoms with van der Waals surface area (Å²) in [7, 11) is 0. The van der Waals surface area contributed by atoms with Gasteiger partial charge in [0.05, 0.1) is 5.56 Å². The lowest BCUT2D eigenvalue weighted by Gasteiger charge is -2.06. The first-order valence-electron chi connectivity index (χ1n) is 7.72. The van der Waals surface area contributed by atoms with Crippen LogP contribution in [-0.4, -0.2) is 28.5 Å². The normalized spacial score (nSPS) is 13.6. The van der Waals surface area contributed by atoms with E-state index < -0.39 is 0 Å². The van der Waals surface area contributed by atoms with Crippen LogP contribution in [0.15, 0.2) is 42.7 Å². The van der Waals surface area contributed by atoms with Gasteiger partial charge in [0.2, 0.25) is 0 Å². The fraction of sp³-hybridized carbons (Fsp3) is 0.353. The molecule has 2 N–H and O–H groups in total. The first-order valence-corrected chi connectivity index (χ1v) is 7.72. The van der Waals surface area contributed by atoms with E-state index in [-0.39, 0.29) is 5.91 Å². The molecule has 0 spiro atoms. The molecule has 0 radical (unpaired) electrons. The third-order valence-corrected chi connectivity index (χ3v) is 3.58. The summed E-state index contributed by atoms with van der Waals surface area (Å²) in [4.78, 5) is 20.6. The van der Waals surface area contributed by atoms with Gasteiger partial charge in [0.1, 0.15) is 5.82 Å². The molecule has 2 aromatic rings. The van der Waals surface area contributed by atoms with Crippen LogP contribution in [0.5, 0.6) is 0 Å². The van der Waals surface area contributed by atoms with Crippen LogP contribution in [0, 0.1) is 0 Å². The number of carbonyl (C=O) groups excluding carboxylic acids is 1. The summed E-state index contributed by atoms with van der Waals surface area (Å²) in [6.45, 7) is 0.636. The highest BCUT2D eigenvalue weighted by molar-refractivity contribution is 5.94. The average molecular weight is 296 g/mol. The fourth-order valence-corrected chi connectivity index (χ4v) is 2.17. The Morgan fingerprint density at radius 1 is 1.18 bits per heavy atom. The second-order valence-electron chi connectivity index (χ2n) is 5.53. The smallest absolute Gasteiger partial charge is 0.252 e. The van der Waals surface area contributed by atoms with E-state index in [0.29, 0.717) is 18.2 Å². The minimum absolute atomic E-state index is 0.0773. The average Bonchev–Trinajstić information content (AvgIpc) is 3.37. The molecule has 5 nitrogen and oxygen atoms in total. The van der Waals surface area contributed by atoms with Crippen molar-refractivity contribution in [1.29, 1.82) is 0 Å². The number of amides is 1. The monoisotopic (exact) mass is 296 g/mol. The number of rotatable bonds is 7. The van der Waals surface area contributed by atoms with E-state index in [1.165, 1.54) is 12.8 Å². The number of anilines is 1. The lowest BCUT2D eigenvalue weighted by atomic mass is 10.2. The molecule has 114 valence electrons. The van der Waals surface area contributed by atoms with Gasteiger partial charge in [-0.2, -0.15) is 0 Å². The molecule has 1 saturated carbocycles. The molecule has 0 saturated heterocycles. The molecule has 1 aliphatic rings. The highest BCUT2D eigenvalue weighted by atomic mass is 16.1. The van der Waals surface area contributed by atoms with Gasteiger partial charge in [0.25, 0.3) is 5.91 Å². The summed E-state index contributed by atoms with van der Waals surface area (Å²) in [6, 6.07) is 10.1. The van der Waals surface area contributed by atoms with Crippen molar-refractivity contribution in [2.24, 2.45) is 0 Å². The molecule has 3 rings (SSSR count). The molecule has 22 heavy (non-hydrogen) atoms. The maximum atomic E-state index is 12.0. The summed E-state index contributed by atoms with van der Waals surface area (Å²) in [5, 5.41) is 6.22. The number of aromatic nitrogens is 2. The van der Waals surface area contributed by atoms with E-state index in [4.69, 9.17) is 0 Å². The lowest BCUT2D eigenvalue weighted by molar-refractivity contribution is 0.0953. The van der Waals surface area contributed by atoms with Crippen molar-refractivity contribution in [3.63, 3.8) is 0 Å². The second kappa shape index (κ2) is 7.02.